The van der Waals surface area contributed by atoms with Gasteiger partial charge in [0.1, 0.15) is 12.7 Å². The van der Waals surface area contributed by atoms with Gasteiger partial charge in [0.25, 0.3) is 0 Å². The van der Waals surface area contributed by atoms with E-state index in [2.05, 4.69) is 25.5 Å². The van der Waals surface area contributed by atoms with Gasteiger partial charge in [-0.2, -0.15) is 0 Å². The van der Waals surface area contributed by atoms with Gasteiger partial charge in [-0.15, -0.1) is 0 Å². The Morgan fingerprint density at radius 3 is 2.42 bits per heavy atom. The number of carbonyl (C=O) groups excluding carboxylic acids is 2. The fourth-order valence-corrected chi connectivity index (χ4v) is 3.69. The van der Waals surface area contributed by atoms with E-state index < -0.39 is 25.2 Å². The number of esters is 2. The van der Waals surface area contributed by atoms with Crippen molar-refractivity contribution >= 4 is 11.9 Å². The third-order valence-corrected chi connectivity index (χ3v) is 5.47. The molecule has 0 amide bonds. The molecule has 3 atom stereocenters. The van der Waals surface area contributed by atoms with Crippen LogP contribution in [0, 0.1) is 16.7 Å². The number of rotatable bonds is 4. The van der Waals surface area contributed by atoms with Crippen molar-refractivity contribution in [3.8, 4) is 0 Å². The first-order valence-corrected chi connectivity index (χ1v) is 6.77. The van der Waals surface area contributed by atoms with Crippen LogP contribution in [0.5, 0.6) is 0 Å². The molecule has 5 nitrogen and oxygen atoms in total. The van der Waals surface area contributed by atoms with Crippen LogP contribution in [-0.4, -0.2) is 36.4 Å². The van der Waals surface area contributed by atoms with Crippen LogP contribution in [0.1, 0.15) is 40.0 Å². The second kappa shape index (κ2) is 4.78. The van der Waals surface area contributed by atoms with Crippen molar-refractivity contribution in [2.24, 2.45) is 16.7 Å². The average Bonchev–Trinajstić information content (AvgIpc) is 2.69. The van der Waals surface area contributed by atoms with Gasteiger partial charge in [0.15, 0.2) is 6.61 Å². The zero-order valence-corrected chi connectivity index (χ0v) is 11.8. The van der Waals surface area contributed by atoms with Crippen molar-refractivity contribution in [2.45, 2.75) is 46.1 Å². The normalized spacial score (nSPS) is 35.2. The first kappa shape index (κ1) is 14.3. The van der Waals surface area contributed by atoms with Crippen molar-refractivity contribution in [1.29, 1.82) is 0 Å². The van der Waals surface area contributed by atoms with Crippen molar-refractivity contribution in [3.63, 3.8) is 0 Å². The van der Waals surface area contributed by atoms with Crippen LogP contribution in [0.2, 0.25) is 0 Å². The highest BCUT2D eigenvalue weighted by Crippen LogP contribution is 2.66. The van der Waals surface area contributed by atoms with E-state index in [1.807, 2.05) is 0 Å². The van der Waals surface area contributed by atoms with Gasteiger partial charge in [0.05, 0.1) is 0 Å². The Kier molecular flexibility index (Phi) is 3.60. The van der Waals surface area contributed by atoms with Gasteiger partial charge < -0.3 is 14.6 Å². The summed E-state index contributed by atoms with van der Waals surface area (Å²) in [4.78, 5) is 22.4. The quantitative estimate of drug-likeness (QED) is 0.779. The summed E-state index contributed by atoms with van der Waals surface area (Å²) in [6.45, 7) is 5.52. The standard InChI is InChI=1S/C14H22O5/c1-13(2)9-4-5-14(13,3)10(6-9)19-12(17)8-18-11(16)7-15/h9-10,15H,4-8H2,1-3H3. The number of ether oxygens (including phenoxy) is 2. The highest BCUT2D eigenvalue weighted by atomic mass is 16.6. The predicted octanol–water partition coefficient (Wildman–Crippen LogP) is 1.28. The molecule has 0 spiro atoms. The van der Waals surface area contributed by atoms with E-state index in [0.717, 1.165) is 12.8 Å². The topological polar surface area (TPSA) is 72.8 Å². The minimum atomic E-state index is -0.809. The molecule has 0 aromatic rings. The third-order valence-electron chi connectivity index (χ3n) is 5.47. The highest BCUT2D eigenvalue weighted by molar-refractivity contribution is 5.77. The molecule has 5 heteroatoms. The van der Waals surface area contributed by atoms with Crippen LogP contribution in [-0.2, 0) is 19.1 Å². The first-order chi connectivity index (χ1) is 8.81. The van der Waals surface area contributed by atoms with E-state index in [-0.39, 0.29) is 16.9 Å². The molecule has 0 saturated heterocycles. The summed E-state index contributed by atoms with van der Waals surface area (Å²) >= 11 is 0. The van der Waals surface area contributed by atoms with Gasteiger partial charge in [0.2, 0.25) is 0 Å². The summed E-state index contributed by atoms with van der Waals surface area (Å²) in [5, 5.41) is 8.50. The lowest BCUT2D eigenvalue weighted by atomic mass is 9.70. The molecule has 19 heavy (non-hydrogen) atoms. The minimum absolute atomic E-state index is 0.00825. The second-order valence-corrected chi connectivity index (χ2v) is 6.41. The van der Waals surface area contributed by atoms with Crippen LogP contribution in [0.15, 0.2) is 0 Å². The van der Waals surface area contributed by atoms with Crippen LogP contribution in [0.4, 0.5) is 0 Å². The maximum absolute atomic E-state index is 11.7. The lowest BCUT2D eigenvalue weighted by Crippen LogP contribution is -2.39. The third kappa shape index (κ3) is 2.24. The predicted molar refractivity (Wildman–Crippen MR) is 67.2 cm³/mol. The second-order valence-electron chi connectivity index (χ2n) is 6.41. The Hall–Kier alpha value is -1.10. The van der Waals surface area contributed by atoms with E-state index in [0.29, 0.717) is 5.92 Å². The molecular weight excluding hydrogens is 248 g/mol. The summed E-state index contributed by atoms with van der Waals surface area (Å²) in [5.74, 6) is -0.747. The van der Waals surface area contributed by atoms with E-state index in [9.17, 15) is 9.59 Å². The van der Waals surface area contributed by atoms with Gasteiger partial charge in [-0.3, -0.25) is 0 Å². The fourth-order valence-electron chi connectivity index (χ4n) is 3.69. The molecule has 108 valence electrons. The summed E-state index contributed by atoms with van der Waals surface area (Å²) in [7, 11) is 0. The van der Waals surface area contributed by atoms with E-state index in [1.54, 1.807) is 0 Å². The minimum Gasteiger partial charge on any atom is -0.459 e. The molecular formula is C14H22O5. The zero-order chi connectivity index (χ0) is 14.3. The fraction of sp³-hybridized carbons (Fsp3) is 0.857. The monoisotopic (exact) mass is 270 g/mol. The molecule has 2 aliphatic carbocycles. The van der Waals surface area contributed by atoms with Gasteiger partial charge in [0, 0.05) is 5.41 Å². The molecule has 0 aliphatic heterocycles. The summed E-state index contributed by atoms with van der Waals surface area (Å²) in [5.41, 5.74) is 0.189. The Morgan fingerprint density at radius 2 is 1.95 bits per heavy atom. The Labute approximate surface area is 113 Å². The molecule has 2 rings (SSSR count). The molecule has 2 bridgehead atoms. The number of aliphatic hydroxyl groups excluding tert-OH is 1. The van der Waals surface area contributed by atoms with Crippen LogP contribution in [0.3, 0.4) is 0 Å². The van der Waals surface area contributed by atoms with Crippen LogP contribution in [0.25, 0.3) is 0 Å². The van der Waals surface area contributed by atoms with Crippen molar-refractivity contribution in [2.75, 3.05) is 13.2 Å². The maximum Gasteiger partial charge on any atom is 0.344 e. The Balaban J connectivity index is 1.91. The molecule has 0 aromatic carbocycles. The van der Waals surface area contributed by atoms with Gasteiger partial charge in [-0.25, -0.2) is 9.59 Å². The summed E-state index contributed by atoms with van der Waals surface area (Å²) in [6, 6.07) is 0. The molecule has 0 aromatic heterocycles. The van der Waals surface area contributed by atoms with Crippen molar-refractivity contribution in [3.05, 3.63) is 0 Å². The lowest BCUT2D eigenvalue weighted by Gasteiger charge is -2.38. The first-order valence-electron chi connectivity index (χ1n) is 6.77. The molecule has 3 unspecified atom stereocenters. The van der Waals surface area contributed by atoms with Gasteiger partial charge >= 0.3 is 11.9 Å². The maximum atomic E-state index is 11.7. The van der Waals surface area contributed by atoms with Gasteiger partial charge in [-0.1, -0.05) is 20.8 Å². The van der Waals surface area contributed by atoms with E-state index in [1.165, 1.54) is 6.42 Å². The summed E-state index contributed by atoms with van der Waals surface area (Å²) in [6.07, 6.45) is 3.06. The summed E-state index contributed by atoms with van der Waals surface area (Å²) < 4.78 is 10.0. The number of fused-ring (bicyclic) bond motifs is 2. The lowest BCUT2D eigenvalue weighted by molar-refractivity contribution is -0.168. The van der Waals surface area contributed by atoms with E-state index in [4.69, 9.17) is 9.84 Å². The zero-order valence-electron chi connectivity index (χ0n) is 11.8. The Bertz CT molecular complexity index is 389. The number of hydrogen-bond acceptors (Lipinski definition) is 5. The number of hydrogen-bond donors (Lipinski definition) is 1. The van der Waals surface area contributed by atoms with Crippen molar-refractivity contribution < 1.29 is 24.2 Å². The number of aliphatic hydroxyl groups is 1. The molecule has 2 saturated carbocycles. The van der Waals surface area contributed by atoms with Crippen LogP contribution >= 0.6 is 0 Å². The largest absolute Gasteiger partial charge is 0.459 e. The smallest absolute Gasteiger partial charge is 0.344 e. The Morgan fingerprint density at radius 1 is 1.26 bits per heavy atom. The molecule has 0 radical (unpaired) electrons. The SMILES string of the molecule is CC1(C)C2CCC1(C)C(OC(=O)COC(=O)CO)C2. The van der Waals surface area contributed by atoms with Crippen LogP contribution < -0.4 is 0 Å². The molecule has 0 heterocycles. The van der Waals surface area contributed by atoms with Crippen molar-refractivity contribution in [1.82, 2.24) is 0 Å². The molecule has 2 aliphatic rings. The molecule has 2 fully saturated rings. The van der Waals surface area contributed by atoms with Gasteiger partial charge in [-0.05, 0) is 30.6 Å². The molecule has 1 N–H and O–H groups in total. The number of carbonyl (C=O) groups is 2. The average molecular weight is 270 g/mol. The van der Waals surface area contributed by atoms with E-state index >= 15 is 0 Å². The highest BCUT2D eigenvalue weighted by Gasteiger charge is 2.62.